The highest BCUT2D eigenvalue weighted by atomic mass is 16.5. The molecule has 0 radical (unpaired) electrons. The van der Waals surface area contributed by atoms with Gasteiger partial charge >= 0.3 is 5.97 Å². The van der Waals surface area contributed by atoms with Gasteiger partial charge in [0, 0.05) is 6.72 Å². The van der Waals surface area contributed by atoms with Gasteiger partial charge in [-0.2, -0.15) is 5.10 Å². The van der Waals surface area contributed by atoms with Crippen molar-refractivity contribution in [1.29, 1.82) is 0 Å². The maximum absolute atomic E-state index is 13.7. The number of nitrogens with one attached hydrogen (secondary N) is 1. The molecule has 35 heavy (non-hydrogen) atoms. The number of carbonyl (C=O) groups excluding carboxylic acids is 1. The van der Waals surface area contributed by atoms with Gasteiger partial charge in [0.2, 0.25) is 5.96 Å². The average Bonchev–Trinajstić information content (AvgIpc) is 2.87. The number of hydrogen-bond donors (Lipinski definition) is 2. The summed E-state index contributed by atoms with van der Waals surface area (Å²) in [4.78, 5) is 20.6. The maximum Gasteiger partial charge on any atom is 0.313 e. The number of rotatable bonds is 8. The van der Waals surface area contributed by atoms with E-state index in [0.29, 0.717) is 12.4 Å². The first-order valence-corrected chi connectivity index (χ1v) is 11.7. The van der Waals surface area contributed by atoms with E-state index in [1.54, 1.807) is 0 Å². The van der Waals surface area contributed by atoms with Crippen LogP contribution >= 0.6 is 0 Å². The van der Waals surface area contributed by atoms with Gasteiger partial charge in [-0.05, 0) is 49.0 Å². The van der Waals surface area contributed by atoms with E-state index >= 15 is 0 Å². The number of carbonyl (C=O) groups is 1. The summed E-state index contributed by atoms with van der Waals surface area (Å²) in [5.74, 6) is 6.04. The molecule has 0 aliphatic carbocycles. The minimum absolute atomic E-state index is 0.187. The van der Waals surface area contributed by atoms with E-state index in [9.17, 15) is 4.79 Å². The Bertz CT molecular complexity index is 1190. The number of ether oxygens (including phenoxy) is 1. The molecule has 0 bridgehead atoms. The Balaban J connectivity index is 1.77. The van der Waals surface area contributed by atoms with Crippen molar-refractivity contribution in [3.8, 4) is 0 Å². The number of fused-ring (bicyclic) bond motifs is 1. The van der Waals surface area contributed by atoms with E-state index in [2.05, 4.69) is 22.1 Å². The van der Waals surface area contributed by atoms with Crippen LogP contribution in [0.4, 0.5) is 0 Å². The molecule has 0 aromatic heterocycles. The van der Waals surface area contributed by atoms with Gasteiger partial charge in [-0.1, -0.05) is 72.8 Å². The van der Waals surface area contributed by atoms with Crippen molar-refractivity contribution < 1.29 is 9.53 Å². The summed E-state index contributed by atoms with van der Waals surface area (Å²) >= 11 is 0. The van der Waals surface area contributed by atoms with Crippen LogP contribution in [0.1, 0.15) is 23.6 Å². The van der Waals surface area contributed by atoms with Crippen molar-refractivity contribution in [1.82, 2.24) is 15.3 Å². The van der Waals surface area contributed by atoms with Crippen molar-refractivity contribution in [2.75, 3.05) is 20.6 Å². The fourth-order valence-electron chi connectivity index (χ4n) is 4.57. The summed E-state index contributed by atoms with van der Waals surface area (Å²) in [6.07, 6.45) is 0.648. The number of hydrazine groups is 1. The lowest BCUT2D eigenvalue weighted by Crippen LogP contribution is -2.56. The van der Waals surface area contributed by atoms with E-state index in [1.807, 2.05) is 86.9 Å². The third-order valence-corrected chi connectivity index (χ3v) is 6.28. The summed E-state index contributed by atoms with van der Waals surface area (Å²) in [5, 5.41) is 7.37. The second kappa shape index (κ2) is 11.1. The van der Waals surface area contributed by atoms with Crippen LogP contribution in [0.5, 0.6) is 0 Å². The van der Waals surface area contributed by atoms with Crippen molar-refractivity contribution in [3.05, 3.63) is 83.9 Å². The van der Waals surface area contributed by atoms with Gasteiger partial charge in [-0.3, -0.25) is 9.80 Å². The van der Waals surface area contributed by atoms with Crippen LogP contribution in [0.15, 0.2) is 82.9 Å². The van der Waals surface area contributed by atoms with Crippen LogP contribution < -0.4 is 11.3 Å². The molecule has 0 saturated heterocycles. The molecule has 3 unspecified atom stereocenters. The molecule has 4 rings (SSSR count). The monoisotopic (exact) mass is 472 g/mol. The molecule has 1 heterocycles. The van der Waals surface area contributed by atoms with Crippen molar-refractivity contribution in [3.63, 3.8) is 0 Å². The average molecular weight is 473 g/mol. The van der Waals surface area contributed by atoms with E-state index in [0.717, 1.165) is 28.4 Å². The largest absolute Gasteiger partial charge is 0.460 e. The number of nitrogens with two attached hydrogens (primary N) is 1. The zero-order valence-corrected chi connectivity index (χ0v) is 20.2. The molecular formula is C27H32N6O2. The van der Waals surface area contributed by atoms with Crippen LogP contribution in [0.2, 0.25) is 0 Å². The Morgan fingerprint density at radius 1 is 1.11 bits per heavy atom. The van der Waals surface area contributed by atoms with Gasteiger partial charge in [0.15, 0.2) is 0 Å². The second-order valence-electron chi connectivity index (χ2n) is 8.92. The molecule has 1 aliphatic heterocycles. The molecular weight excluding hydrogens is 440 g/mol. The van der Waals surface area contributed by atoms with Gasteiger partial charge in [0.05, 0.1) is 12.1 Å². The van der Waals surface area contributed by atoms with Crippen molar-refractivity contribution in [2.24, 2.45) is 21.9 Å². The molecule has 3 aromatic carbocycles. The summed E-state index contributed by atoms with van der Waals surface area (Å²) in [6, 6.07) is 22.9. The predicted molar refractivity (Wildman–Crippen MR) is 140 cm³/mol. The SMILES string of the molecule is C=NNC1=NC(CCN(C)C)C(C(=O)OCc2ccccc2)C(c2cccc3ccccc23)N1N. The zero-order valence-electron chi connectivity index (χ0n) is 20.2. The smallest absolute Gasteiger partial charge is 0.313 e. The normalized spacial score (nSPS) is 19.9. The quantitative estimate of drug-likeness (QED) is 0.226. The van der Waals surface area contributed by atoms with Crippen molar-refractivity contribution >= 4 is 29.4 Å². The Morgan fingerprint density at radius 3 is 2.57 bits per heavy atom. The summed E-state index contributed by atoms with van der Waals surface area (Å²) in [7, 11) is 3.99. The number of esters is 1. The first-order chi connectivity index (χ1) is 17.0. The molecule has 8 nitrogen and oxygen atoms in total. The summed E-state index contributed by atoms with van der Waals surface area (Å²) in [5.41, 5.74) is 4.67. The number of benzene rings is 3. The zero-order chi connectivity index (χ0) is 24.8. The Morgan fingerprint density at radius 2 is 1.83 bits per heavy atom. The number of hydrazone groups is 1. The van der Waals surface area contributed by atoms with E-state index < -0.39 is 12.0 Å². The van der Waals surface area contributed by atoms with Gasteiger partial charge in [-0.25, -0.2) is 16.3 Å². The van der Waals surface area contributed by atoms with Crippen molar-refractivity contribution in [2.45, 2.75) is 25.1 Å². The topological polar surface area (TPSA) is 95.5 Å². The highest BCUT2D eigenvalue weighted by molar-refractivity contribution is 5.90. The van der Waals surface area contributed by atoms with Gasteiger partial charge in [0.25, 0.3) is 0 Å². The van der Waals surface area contributed by atoms with E-state index in [1.165, 1.54) is 5.01 Å². The highest BCUT2D eigenvalue weighted by Crippen LogP contribution is 2.39. The van der Waals surface area contributed by atoms with Crippen LogP contribution in [0.3, 0.4) is 0 Å². The number of hydrogen-bond acceptors (Lipinski definition) is 8. The van der Waals surface area contributed by atoms with Gasteiger partial charge in [0.1, 0.15) is 12.5 Å². The third-order valence-electron chi connectivity index (χ3n) is 6.28. The lowest BCUT2D eigenvalue weighted by atomic mass is 9.82. The van der Waals surface area contributed by atoms with Gasteiger partial charge in [-0.15, -0.1) is 0 Å². The first-order valence-electron chi connectivity index (χ1n) is 11.7. The second-order valence-corrected chi connectivity index (χ2v) is 8.92. The number of nitrogens with zero attached hydrogens (tertiary/aromatic N) is 4. The summed E-state index contributed by atoms with van der Waals surface area (Å²) < 4.78 is 5.85. The summed E-state index contributed by atoms with van der Waals surface area (Å²) in [6.45, 7) is 4.46. The fraction of sp³-hybridized carbons (Fsp3) is 0.296. The number of aliphatic imine (C=N–C) groups is 1. The molecule has 0 saturated carbocycles. The molecule has 0 fully saturated rings. The van der Waals surface area contributed by atoms with Crippen LogP contribution in [0, 0.1) is 5.92 Å². The molecule has 0 amide bonds. The van der Waals surface area contributed by atoms with Gasteiger partial charge < -0.3 is 9.64 Å². The van der Waals surface area contributed by atoms with Crippen LogP contribution in [-0.2, 0) is 16.1 Å². The maximum atomic E-state index is 13.7. The van der Waals surface area contributed by atoms with Crippen LogP contribution in [0.25, 0.3) is 10.8 Å². The lowest BCUT2D eigenvalue weighted by molar-refractivity contribution is -0.153. The minimum Gasteiger partial charge on any atom is -0.460 e. The Kier molecular flexibility index (Phi) is 7.74. The lowest BCUT2D eigenvalue weighted by Gasteiger charge is -2.41. The highest BCUT2D eigenvalue weighted by Gasteiger charge is 2.45. The van der Waals surface area contributed by atoms with E-state index in [-0.39, 0.29) is 18.6 Å². The molecule has 3 atom stereocenters. The molecule has 1 aliphatic rings. The molecule has 3 N–H and O–H groups in total. The minimum atomic E-state index is -0.621. The molecule has 8 heteroatoms. The standard InChI is InChI=1S/C27H32N6O2/c1-29-31-27-30-23(16-17-32(2)3)24(26(34)35-18-19-10-5-4-6-11-19)25(33(27)28)22-15-9-13-20-12-7-8-14-21(20)22/h4-15,23-25H,1,16-18,28H2,2-3H3,(H,30,31). The van der Waals surface area contributed by atoms with E-state index in [4.69, 9.17) is 15.6 Å². The third kappa shape index (κ3) is 5.50. The predicted octanol–water partition coefficient (Wildman–Crippen LogP) is 3.31. The van der Waals surface area contributed by atoms with Crippen LogP contribution in [-0.4, -0.2) is 55.2 Å². The first kappa shape index (κ1) is 24.4. The Hall–Kier alpha value is -3.75. The fourth-order valence-corrected chi connectivity index (χ4v) is 4.57. The molecule has 3 aromatic rings. The number of guanidine groups is 1. The molecule has 0 spiro atoms. The molecule has 182 valence electrons. The Labute approximate surface area is 206 Å².